The van der Waals surface area contributed by atoms with Gasteiger partial charge in [-0.15, -0.1) is 11.3 Å². The second-order valence-corrected chi connectivity index (χ2v) is 9.49. The molecule has 0 atom stereocenters. The molecule has 0 fully saturated rings. The molecule has 6 aromatic rings. The highest BCUT2D eigenvalue weighted by Gasteiger charge is 2.30. The molecule has 0 N–H and O–H groups in total. The minimum absolute atomic E-state index is 0.173. The number of fused-ring (bicyclic) bond motifs is 3. The van der Waals surface area contributed by atoms with Gasteiger partial charge in [0.1, 0.15) is 28.2 Å². The Kier molecular flexibility index (Phi) is 5.89. The van der Waals surface area contributed by atoms with E-state index in [2.05, 4.69) is 11.1 Å². The van der Waals surface area contributed by atoms with E-state index in [1.54, 1.807) is 23.6 Å². The Balaban J connectivity index is 1.34. The number of furan rings is 1. The first-order chi connectivity index (χ1) is 18.8. The van der Waals surface area contributed by atoms with Gasteiger partial charge in [0.05, 0.1) is 22.4 Å². The van der Waals surface area contributed by atoms with Gasteiger partial charge in [-0.25, -0.2) is 9.78 Å². The van der Waals surface area contributed by atoms with Crippen molar-refractivity contribution >= 4 is 44.7 Å². The molecule has 190 valence electrons. The summed E-state index contributed by atoms with van der Waals surface area (Å²) in [6.45, 7) is 0. The molecule has 39 heavy (non-hydrogen) atoms. The van der Waals surface area contributed by atoms with Crippen LogP contribution >= 0.6 is 11.3 Å². The van der Waals surface area contributed by atoms with Gasteiger partial charge in [-0.3, -0.25) is 0 Å². The van der Waals surface area contributed by atoms with Gasteiger partial charge in [-0.05, 0) is 47.2 Å². The monoisotopic (exact) mass is 540 g/mol. The van der Waals surface area contributed by atoms with Crippen molar-refractivity contribution in [1.29, 1.82) is 5.26 Å². The van der Waals surface area contributed by atoms with E-state index in [0.29, 0.717) is 16.3 Å². The van der Waals surface area contributed by atoms with Gasteiger partial charge in [-0.1, -0.05) is 42.5 Å². The summed E-state index contributed by atoms with van der Waals surface area (Å²) in [6, 6.07) is 23.1. The molecule has 0 unspecified atom stereocenters. The van der Waals surface area contributed by atoms with Crippen molar-refractivity contribution in [2.45, 2.75) is 6.18 Å². The number of thiazole rings is 1. The lowest BCUT2D eigenvalue weighted by atomic mass is 10.0. The van der Waals surface area contributed by atoms with Gasteiger partial charge in [0.2, 0.25) is 0 Å². The number of alkyl halides is 3. The van der Waals surface area contributed by atoms with Gasteiger partial charge >= 0.3 is 11.8 Å². The Morgan fingerprint density at radius 1 is 0.949 bits per heavy atom. The maximum atomic E-state index is 13.1. The van der Waals surface area contributed by atoms with Crippen LogP contribution in [0.4, 0.5) is 13.2 Å². The number of aromatic nitrogens is 1. The van der Waals surface area contributed by atoms with Crippen molar-refractivity contribution in [2.75, 3.05) is 0 Å². The van der Waals surface area contributed by atoms with Gasteiger partial charge < -0.3 is 8.83 Å². The smallest absolute Gasteiger partial charge is 0.416 e. The van der Waals surface area contributed by atoms with E-state index in [4.69, 9.17) is 8.83 Å². The molecule has 0 aliphatic heterocycles. The zero-order valence-corrected chi connectivity index (χ0v) is 20.6. The fourth-order valence-corrected chi connectivity index (χ4v) is 5.08. The minimum atomic E-state index is -4.47. The van der Waals surface area contributed by atoms with Crippen molar-refractivity contribution < 1.29 is 22.0 Å². The highest BCUT2D eigenvalue weighted by atomic mass is 32.1. The predicted octanol–water partition coefficient (Wildman–Crippen LogP) is 8.41. The molecule has 0 saturated heterocycles. The van der Waals surface area contributed by atoms with Crippen molar-refractivity contribution in [3.05, 3.63) is 111 Å². The van der Waals surface area contributed by atoms with Crippen LogP contribution in [0.1, 0.15) is 16.3 Å². The Bertz CT molecular complexity index is 2010. The molecule has 0 aliphatic rings. The van der Waals surface area contributed by atoms with E-state index in [0.717, 1.165) is 28.3 Å². The summed E-state index contributed by atoms with van der Waals surface area (Å²) in [6.07, 6.45) is -3.02. The number of benzene rings is 3. The number of hydrogen-bond acceptors (Lipinski definition) is 6. The SMILES string of the molecule is N#CC(=Cc1ccc(-c2cccc(C(F)(F)F)c2)o1)c1nc(-c2cc3c(ccc4ccccc43)oc2=O)cs1. The van der Waals surface area contributed by atoms with Crippen LogP contribution in [-0.4, -0.2) is 4.98 Å². The zero-order valence-electron chi connectivity index (χ0n) is 19.8. The fraction of sp³-hybridized carbons (Fsp3) is 0.0333. The summed E-state index contributed by atoms with van der Waals surface area (Å²) in [5.74, 6) is 0.498. The number of halogens is 3. The molecule has 0 amide bonds. The predicted molar refractivity (Wildman–Crippen MR) is 144 cm³/mol. The lowest BCUT2D eigenvalue weighted by molar-refractivity contribution is -0.137. The van der Waals surface area contributed by atoms with Crippen LogP contribution in [0.25, 0.3) is 56.0 Å². The summed E-state index contributed by atoms with van der Waals surface area (Å²) in [5, 5.41) is 14.5. The van der Waals surface area contributed by atoms with Crippen LogP contribution < -0.4 is 5.63 Å². The Labute approximate surface area is 222 Å². The molecule has 9 heteroatoms. The molecule has 6 rings (SSSR count). The summed E-state index contributed by atoms with van der Waals surface area (Å²) in [7, 11) is 0. The van der Waals surface area contributed by atoms with Crippen LogP contribution in [0.5, 0.6) is 0 Å². The molecular formula is C30H15F3N2O3S. The highest BCUT2D eigenvalue weighted by Crippen LogP contribution is 2.34. The number of nitrogens with zero attached hydrogens (tertiary/aromatic N) is 2. The maximum Gasteiger partial charge on any atom is 0.416 e. The molecule has 0 radical (unpaired) electrons. The Hall–Kier alpha value is -4.94. The fourth-order valence-electron chi connectivity index (χ4n) is 4.29. The normalized spacial score (nSPS) is 12.2. The summed E-state index contributed by atoms with van der Waals surface area (Å²) in [5.41, 5.74) is 0.195. The van der Waals surface area contributed by atoms with E-state index in [1.165, 1.54) is 35.6 Å². The quantitative estimate of drug-likeness (QED) is 0.127. The Morgan fingerprint density at radius 3 is 2.62 bits per heavy atom. The lowest BCUT2D eigenvalue weighted by Gasteiger charge is -2.07. The largest absolute Gasteiger partial charge is 0.457 e. The van der Waals surface area contributed by atoms with Crippen LogP contribution in [0, 0.1) is 11.3 Å². The van der Waals surface area contributed by atoms with Crippen LogP contribution in [0.15, 0.2) is 97.9 Å². The number of allylic oxidation sites excluding steroid dienone is 1. The lowest BCUT2D eigenvalue weighted by Crippen LogP contribution is -2.04. The van der Waals surface area contributed by atoms with Crippen molar-refractivity contribution in [3.8, 4) is 28.7 Å². The standard InChI is InChI=1S/C30H15F3N2O3S/c31-30(32,33)20-6-3-5-18(12-20)26-11-9-21(37-26)13-19(15-34)28-35-25(16-39-28)24-14-23-22-7-2-1-4-17(22)8-10-27(23)38-29(24)36/h1-14,16H. The van der Waals surface area contributed by atoms with E-state index in [1.807, 2.05) is 30.3 Å². The third-order valence-electron chi connectivity index (χ3n) is 6.16. The molecule has 0 bridgehead atoms. The average molecular weight is 541 g/mol. The average Bonchev–Trinajstić information content (AvgIpc) is 3.61. The molecule has 3 aromatic carbocycles. The van der Waals surface area contributed by atoms with Crippen LogP contribution in [0.2, 0.25) is 0 Å². The number of nitriles is 1. The number of hydrogen-bond donors (Lipinski definition) is 0. The van der Waals surface area contributed by atoms with E-state index in [-0.39, 0.29) is 28.2 Å². The first-order valence-corrected chi connectivity index (χ1v) is 12.5. The van der Waals surface area contributed by atoms with Crippen molar-refractivity contribution in [1.82, 2.24) is 4.98 Å². The minimum Gasteiger partial charge on any atom is -0.457 e. The second kappa shape index (κ2) is 9.42. The van der Waals surface area contributed by atoms with E-state index >= 15 is 0 Å². The summed E-state index contributed by atoms with van der Waals surface area (Å²) >= 11 is 1.17. The van der Waals surface area contributed by atoms with E-state index in [9.17, 15) is 23.2 Å². The maximum absolute atomic E-state index is 13.1. The van der Waals surface area contributed by atoms with Crippen LogP contribution in [0.3, 0.4) is 0 Å². The third kappa shape index (κ3) is 4.62. The Morgan fingerprint density at radius 2 is 1.79 bits per heavy atom. The first-order valence-electron chi connectivity index (χ1n) is 11.6. The number of rotatable bonds is 4. The molecular weight excluding hydrogens is 525 g/mol. The zero-order chi connectivity index (χ0) is 27.1. The van der Waals surface area contributed by atoms with Gasteiger partial charge in [0, 0.05) is 22.4 Å². The molecule has 0 saturated carbocycles. The first kappa shape index (κ1) is 24.4. The van der Waals surface area contributed by atoms with Crippen molar-refractivity contribution in [2.24, 2.45) is 0 Å². The summed E-state index contributed by atoms with van der Waals surface area (Å²) in [4.78, 5) is 17.3. The van der Waals surface area contributed by atoms with Gasteiger partial charge in [0.15, 0.2) is 0 Å². The van der Waals surface area contributed by atoms with Gasteiger partial charge in [0.25, 0.3) is 0 Å². The molecule has 0 aliphatic carbocycles. The third-order valence-corrected chi connectivity index (χ3v) is 7.04. The molecule has 0 spiro atoms. The topological polar surface area (TPSA) is 80.0 Å². The van der Waals surface area contributed by atoms with E-state index < -0.39 is 17.4 Å². The summed E-state index contributed by atoms with van der Waals surface area (Å²) < 4.78 is 50.5. The molecule has 3 aromatic heterocycles. The van der Waals surface area contributed by atoms with Crippen LogP contribution in [-0.2, 0) is 6.18 Å². The molecule has 3 heterocycles. The highest BCUT2D eigenvalue weighted by molar-refractivity contribution is 7.11. The van der Waals surface area contributed by atoms with Crippen molar-refractivity contribution in [3.63, 3.8) is 0 Å². The van der Waals surface area contributed by atoms with Gasteiger partial charge in [-0.2, -0.15) is 18.4 Å². The second-order valence-electron chi connectivity index (χ2n) is 8.63. The molecule has 5 nitrogen and oxygen atoms in total.